The van der Waals surface area contributed by atoms with Crippen molar-refractivity contribution in [3.05, 3.63) is 51.5 Å². The number of aromatic amines is 2. The molecule has 2 N–H and O–H groups in total. The topological polar surface area (TPSA) is 126 Å². The lowest BCUT2D eigenvalue weighted by Crippen LogP contribution is -2.48. The minimum Gasteiger partial charge on any atom is -0.354 e. The monoisotopic (exact) mass is 418 g/mol. The maximum Gasteiger partial charge on any atom is 0.323 e. The second-order valence-corrected chi connectivity index (χ2v) is 8.63. The number of fused-ring (bicyclic) bond motifs is 1. The van der Waals surface area contributed by atoms with Gasteiger partial charge in [-0.05, 0) is 30.3 Å². The SMILES string of the molecule is N#Cc1nc(N2CCN(S(=O)(=O)c3ccc4[nH]c(=O)[nH]c4c3)CC2)ccc1Cl. The Hall–Kier alpha value is -2.87. The van der Waals surface area contributed by atoms with Crippen LogP contribution in [0.4, 0.5) is 5.82 Å². The third-order valence-electron chi connectivity index (χ3n) is 4.63. The highest BCUT2D eigenvalue weighted by Crippen LogP contribution is 2.23. The molecule has 0 radical (unpaired) electrons. The minimum atomic E-state index is -3.69. The molecule has 0 unspecified atom stereocenters. The Kier molecular flexibility index (Phi) is 4.58. The first-order valence-corrected chi connectivity index (χ1v) is 10.2. The standard InChI is InChI=1S/C17H15ClN6O3S/c18-12-2-4-16(20-15(12)10-19)23-5-7-24(8-6-23)28(26,27)11-1-3-13-14(9-11)22-17(25)21-13/h1-4,9H,5-8H2,(H2,21,22,25). The highest BCUT2D eigenvalue weighted by molar-refractivity contribution is 7.89. The van der Waals surface area contributed by atoms with E-state index < -0.39 is 10.0 Å². The van der Waals surface area contributed by atoms with Crippen LogP contribution in [0.25, 0.3) is 11.0 Å². The van der Waals surface area contributed by atoms with Gasteiger partial charge in [-0.3, -0.25) is 0 Å². The number of benzene rings is 1. The van der Waals surface area contributed by atoms with Crippen LogP contribution in [0.15, 0.2) is 40.0 Å². The maximum atomic E-state index is 13.0. The Morgan fingerprint density at radius 1 is 1.07 bits per heavy atom. The Labute approximate surface area is 165 Å². The Bertz CT molecular complexity index is 1250. The zero-order valence-electron chi connectivity index (χ0n) is 14.5. The number of pyridine rings is 1. The van der Waals surface area contributed by atoms with Crippen molar-refractivity contribution in [2.75, 3.05) is 31.1 Å². The number of hydrogen-bond donors (Lipinski definition) is 2. The molecule has 1 aromatic carbocycles. The average Bonchev–Trinajstić information content (AvgIpc) is 3.07. The van der Waals surface area contributed by atoms with E-state index in [1.54, 1.807) is 18.2 Å². The summed E-state index contributed by atoms with van der Waals surface area (Å²) in [6, 6.07) is 9.76. The fraction of sp³-hybridized carbons (Fsp3) is 0.235. The smallest absolute Gasteiger partial charge is 0.323 e. The molecule has 3 aromatic rings. The van der Waals surface area contributed by atoms with Crippen molar-refractivity contribution in [3.63, 3.8) is 0 Å². The first-order chi connectivity index (χ1) is 13.4. The van der Waals surface area contributed by atoms with Crippen molar-refractivity contribution in [3.8, 4) is 6.07 Å². The van der Waals surface area contributed by atoms with E-state index in [9.17, 15) is 13.2 Å². The van der Waals surface area contributed by atoms with E-state index in [1.807, 2.05) is 11.0 Å². The Morgan fingerprint density at radius 3 is 2.50 bits per heavy atom. The van der Waals surface area contributed by atoms with E-state index in [2.05, 4.69) is 15.0 Å². The van der Waals surface area contributed by atoms with E-state index in [0.29, 0.717) is 29.9 Å². The van der Waals surface area contributed by atoms with Crippen molar-refractivity contribution in [1.82, 2.24) is 19.3 Å². The zero-order chi connectivity index (χ0) is 19.9. The van der Waals surface area contributed by atoms with Gasteiger partial charge in [0.25, 0.3) is 0 Å². The number of H-pyrrole nitrogens is 2. The van der Waals surface area contributed by atoms with E-state index in [4.69, 9.17) is 16.9 Å². The van der Waals surface area contributed by atoms with Gasteiger partial charge in [0.15, 0.2) is 5.69 Å². The molecule has 1 aliphatic heterocycles. The maximum absolute atomic E-state index is 13.0. The van der Waals surface area contributed by atoms with Crippen molar-refractivity contribution in [2.45, 2.75) is 4.90 Å². The lowest BCUT2D eigenvalue weighted by molar-refractivity contribution is 0.384. The number of nitrogens with zero attached hydrogens (tertiary/aromatic N) is 4. The lowest BCUT2D eigenvalue weighted by atomic mass is 10.3. The number of piperazine rings is 1. The highest BCUT2D eigenvalue weighted by Gasteiger charge is 2.29. The number of nitrogens with one attached hydrogen (secondary N) is 2. The second-order valence-electron chi connectivity index (χ2n) is 6.29. The van der Waals surface area contributed by atoms with Gasteiger partial charge in [-0.1, -0.05) is 11.6 Å². The van der Waals surface area contributed by atoms with Gasteiger partial charge in [0.2, 0.25) is 10.0 Å². The molecular formula is C17H15ClN6O3S. The van der Waals surface area contributed by atoms with Crippen LogP contribution in [-0.2, 0) is 10.0 Å². The molecule has 1 aliphatic rings. The zero-order valence-corrected chi connectivity index (χ0v) is 16.1. The van der Waals surface area contributed by atoms with Gasteiger partial charge in [-0.2, -0.15) is 9.57 Å². The molecule has 1 saturated heterocycles. The summed E-state index contributed by atoms with van der Waals surface area (Å²) in [5.41, 5.74) is 0.753. The van der Waals surface area contributed by atoms with Gasteiger partial charge in [0.1, 0.15) is 11.9 Å². The van der Waals surface area contributed by atoms with Crippen LogP contribution in [0.2, 0.25) is 5.02 Å². The first kappa shape index (κ1) is 18.5. The summed E-state index contributed by atoms with van der Waals surface area (Å²) in [6.07, 6.45) is 0. The second kappa shape index (κ2) is 6.94. The molecule has 0 saturated carbocycles. The van der Waals surface area contributed by atoms with Gasteiger partial charge in [-0.15, -0.1) is 0 Å². The molecule has 0 atom stereocenters. The third-order valence-corrected chi connectivity index (χ3v) is 6.82. The number of hydrogen-bond acceptors (Lipinski definition) is 6. The van der Waals surface area contributed by atoms with Crippen LogP contribution in [0, 0.1) is 11.3 Å². The molecule has 0 bridgehead atoms. The van der Waals surface area contributed by atoms with Crippen molar-refractivity contribution in [1.29, 1.82) is 5.26 Å². The summed E-state index contributed by atoms with van der Waals surface area (Å²) in [5.74, 6) is 0.587. The summed E-state index contributed by atoms with van der Waals surface area (Å²) >= 11 is 5.91. The molecule has 0 spiro atoms. The normalized spacial score (nSPS) is 15.6. The number of halogens is 1. The van der Waals surface area contributed by atoms with Crippen molar-refractivity contribution < 1.29 is 8.42 Å². The number of sulfonamides is 1. The summed E-state index contributed by atoms with van der Waals surface area (Å²) in [4.78, 5) is 22.8. The molecule has 28 heavy (non-hydrogen) atoms. The summed E-state index contributed by atoms with van der Waals surface area (Å²) in [6.45, 7) is 1.41. The minimum absolute atomic E-state index is 0.125. The van der Waals surface area contributed by atoms with Gasteiger partial charge >= 0.3 is 5.69 Å². The Balaban J connectivity index is 1.53. The van der Waals surface area contributed by atoms with Gasteiger partial charge < -0.3 is 14.9 Å². The number of anilines is 1. The van der Waals surface area contributed by atoms with Crippen LogP contribution in [0.3, 0.4) is 0 Å². The van der Waals surface area contributed by atoms with E-state index in [1.165, 1.54) is 16.4 Å². The molecule has 4 rings (SSSR count). The molecule has 144 valence electrons. The largest absolute Gasteiger partial charge is 0.354 e. The molecule has 0 amide bonds. The number of imidazole rings is 1. The van der Waals surface area contributed by atoms with Crippen LogP contribution in [0.1, 0.15) is 5.69 Å². The van der Waals surface area contributed by atoms with E-state index in [0.717, 1.165) is 0 Å². The van der Waals surface area contributed by atoms with Crippen LogP contribution < -0.4 is 10.6 Å². The average molecular weight is 419 g/mol. The highest BCUT2D eigenvalue weighted by atomic mass is 35.5. The number of rotatable bonds is 3. The van der Waals surface area contributed by atoms with Crippen molar-refractivity contribution in [2.24, 2.45) is 0 Å². The van der Waals surface area contributed by atoms with Crippen LogP contribution in [0.5, 0.6) is 0 Å². The predicted octanol–water partition coefficient (Wildman–Crippen LogP) is 1.29. The summed E-state index contributed by atoms with van der Waals surface area (Å²) in [5, 5.41) is 9.35. The van der Waals surface area contributed by atoms with E-state index >= 15 is 0 Å². The molecule has 3 heterocycles. The molecule has 0 aliphatic carbocycles. The molecule has 9 nitrogen and oxygen atoms in total. The van der Waals surface area contributed by atoms with E-state index in [-0.39, 0.29) is 34.4 Å². The molecule has 11 heteroatoms. The summed E-state index contributed by atoms with van der Waals surface area (Å²) in [7, 11) is -3.69. The molecular weight excluding hydrogens is 404 g/mol. The van der Waals surface area contributed by atoms with Gasteiger partial charge in [0.05, 0.1) is 21.0 Å². The fourth-order valence-electron chi connectivity index (χ4n) is 3.17. The quantitative estimate of drug-likeness (QED) is 0.660. The first-order valence-electron chi connectivity index (χ1n) is 8.42. The fourth-order valence-corrected chi connectivity index (χ4v) is 4.76. The third kappa shape index (κ3) is 3.24. The number of nitriles is 1. The van der Waals surface area contributed by atoms with Crippen LogP contribution >= 0.6 is 11.6 Å². The molecule has 2 aromatic heterocycles. The van der Waals surface area contributed by atoms with Crippen LogP contribution in [-0.4, -0.2) is 53.9 Å². The van der Waals surface area contributed by atoms with Gasteiger partial charge in [-0.25, -0.2) is 18.2 Å². The number of aromatic nitrogens is 3. The predicted molar refractivity (Wildman–Crippen MR) is 104 cm³/mol. The molecule has 1 fully saturated rings. The summed E-state index contributed by atoms with van der Waals surface area (Å²) < 4.78 is 27.3. The Morgan fingerprint density at radius 2 is 1.79 bits per heavy atom. The van der Waals surface area contributed by atoms with Crippen molar-refractivity contribution >= 4 is 38.5 Å². The lowest BCUT2D eigenvalue weighted by Gasteiger charge is -2.34. The van der Waals surface area contributed by atoms with Gasteiger partial charge in [0, 0.05) is 26.2 Å².